The van der Waals surface area contributed by atoms with Gasteiger partial charge in [0.05, 0.1) is 0 Å². The lowest BCUT2D eigenvalue weighted by molar-refractivity contribution is 0.563. The topological polar surface area (TPSA) is 26.0 Å². The first-order valence-electron chi connectivity index (χ1n) is 3.21. The second-order valence-electron chi connectivity index (χ2n) is 2.57. The number of hydrogen-bond acceptors (Lipinski definition) is 2. The van der Waals surface area contributed by atoms with Gasteiger partial charge >= 0.3 is 0 Å². The van der Waals surface area contributed by atoms with Crippen LogP contribution in [0.15, 0.2) is 0 Å². The van der Waals surface area contributed by atoms with Gasteiger partial charge in [0.15, 0.2) is 0 Å². The Hall–Kier alpha value is 0.310. The molecule has 8 heavy (non-hydrogen) atoms. The van der Waals surface area contributed by atoms with Gasteiger partial charge < -0.3 is 5.73 Å². The fourth-order valence-electron chi connectivity index (χ4n) is 1.26. The molecule has 0 aromatic carbocycles. The van der Waals surface area contributed by atoms with Crippen molar-refractivity contribution in [2.45, 2.75) is 24.5 Å². The summed E-state index contributed by atoms with van der Waals surface area (Å²) in [5.41, 5.74) is 5.46. The van der Waals surface area contributed by atoms with Crippen LogP contribution in [0.3, 0.4) is 0 Å². The van der Waals surface area contributed by atoms with E-state index >= 15 is 0 Å². The molecule has 2 unspecified atom stereocenters. The summed E-state index contributed by atoms with van der Waals surface area (Å²) in [5, 5.41) is 0.642. The Kier molecular flexibility index (Phi) is 2.20. The molecule has 1 fully saturated rings. The van der Waals surface area contributed by atoms with E-state index in [1.807, 2.05) is 0 Å². The van der Waals surface area contributed by atoms with E-state index < -0.39 is 0 Å². The lowest BCUT2D eigenvalue weighted by Gasteiger charge is -2.01. The van der Waals surface area contributed by atoms with Gasteiger partial charge in [-0.15, -0.1) is 0 Å². The molecule has 0 aromatic rings. The van der Waals surface area contributed by atoms with Crippen molar-refractivity contribution in [1.82, 2.24) is 0 Å². The highest BCUT2D eigenvalue weighted by Gasteiger charge is 2.19. The van der Waals surface area contributed by atoms with E-state index in [-0.39, 0.29) is 0 Å². The van der Waals surface area contributed by atoms with Crippen LogP contribution in [0.25, 0.3) is 0 Å². The molecule has 48 valence electrons. The Bertz CT molecular complexity index is 74.9. The Balaban J connectivity index is 2.22. The predicted octanol–water partition coefficient (Wildman–Crippen LogP) is 1.04. The van der Waals surface area contributed by atoms with Crippen LogP contribution in [0.5, 0.6) is 0 Å². The van der Waals surface area contributed by atoms with Crippen LogP contribution < -0.4 is 5.73 Å². The fraction of sp³-hybridized carbons (Fsp3) is 1.00. The predicted molar refractivity (Wildman–Crippen MR) is 39.2 cm³/mol. The first-order chi connectivity index (χ1) is 3.83. The minimum Gasteiger partial charge on any atom is -0.330 e. The molecule has 2 heteroatoms. The van der Waals surface area contributed by atoms with Crippen molar-refractivity contribution in [2.24, 2.45) is 11.7 Å². The van der Waals surface area contributed by atoms with Crippen LogP contribution in [0, 0.1) is 5.92 Å². The summed E-state index contributed by atoms with van der Waals surface area (Å²) in [6, 6.07) is 0. The maximum Gasteiger partial charge on any atom is 0.00200 e. The van der Waals surface area contributed by atoms with E-state index in [9.17, 15) is 0 Å². The average Bonchev–Trinajstić information content (AvgIpc) is 2.14. The van der Waals surface area contributed by atoms with E-state index in [0.29, 0.717) is 5.25 Å². The third-order valence-corrected chi connectivity index (χ3v) is 2.32. The molecule has 1 aliphatic rings. The third-order valence-electron chi connectivity index (χ3n) is 1.85. The van der Waals surface area contributed by atoms with E-state index in [1.165, 1.54) is 19.3 Å². The maximum absolute atomic E-state index is 5.46. The highest BCUT2D eigenvalue weighted by atomic mass is 32.1. The van der Waals surface area contributed by atoms with Crippen molar-refractivity contribution in [3.05, 3.63) is 0 Å². The van der Waals surface area contributed by atoms with Gasteiger partial charge in [-0.2, -0.15) is 12.6 Å². The molecule has 2 N–H and O–H groups in total. The molecule has 0 radical (unpaired) electrons. The van der Waals surface area contributed by atoms with Gasteiger partial charge in [0.2, 0.25) is 0 Å². The van der Waals surface area contributed by atoms with Crippen molar-refractivity contribution in [3.8, 4) is 0 Å². The van der Waals surface area contributed by atoms with Gasteiger partial charge in [-0.25, -0.2) is 0 Å². The Morgan fingerprint density at radius 2 is 2.25 bits per heavy atom. The molecule has 0 aliphatic heterocycles. The zero-order chi connectivity index (χ0) is 5.98. The molecule has 0 heterocycles. The summed E-state index contributed by atoms with van der Waals surface area (Å²) in [4.78, 5) is 0. The maximum atomic E-state index is 5.46. The van der Waals surface area contributed by atoms with Crippen LogP contribution in [-0.2, 0) is 0 Å². The van der Waals surface area contributed by atoms with Crippen molar-refractivity contribution in [1.29, 1.82) is 0 Å². The first kappa shape index (κ1) is 6.43. The zero-order valence-electron chi connectivity index (χ0n) is 5.01. The van der Waals surface area contributed by atoms with Crippen LogP contribution in [0.1, 0.15) is 19.3 Å². The smallest absolute Gasteiger partial charge is 0.00200 e. The monoisotopic (exact) mass is 131 g/mol. The molecule has 1 aliphatic carbocycles. The summed E-state index contributed by atoms with van der Waals surface area (Å²) in [5.74, 6) is 0.775. The molecule has 0 spiro atoms. The molecule has 0 bridgehead atoms. The van der Waals surface area contributed by atoms with E-state index in [1.54, 1.807) is 0 Å². The Labute approximate surface area is 56.1 Å². The number of thiol groups is 1. The normalized spacial score (nSPS) is 38.2. The Morgan fingerprint density at radius 1 is 1.50 bits per heavy atom. The van der Waals surface area contributed by atoms with Crippen molar-refractivity contribution >= 4 is 12.6 Å². The van der Waals surface area contributed by atoms with E-state index in [0.717, 1.165) is 12.5 Å². The van der Waals surface area contributed by atoms with Gasteiger partial charge in [0.1, 0.15) is 0 Å². The Morgan fingerprint density at radius 3 is 2.50 bits per heavy atom. The summed E-state index contributed by atoms with van der Waals surface area (Å²) in [6.45, 7) is 0.858. The summed E-state index contributed by atoms with van der Waals surface area (Å²) >= 11 is 4.35. The van der Waals surface area contributed by atoms with Crippen molar-refractivity contribution < 1.29 is 0 Å². The van der Waals surface area contributed by atoms with Crippen LogP contribution in [-0.4, -0.2) is 11.8 Å². The lowest BCUT2D eigenvalue weighted by Crippen LogP contribution is -2.10. The number of nitrogens with two attached hydrogens (primary N) is 1. The molecule has 0 aromatic heterocycles. The lowest BCUT2D eigenvalue weighted by atomic mass is 10.1. The van der Waals surface area contributed by atoms with Gasteiger partial charge in [-0.1, -0.05) is 0 Å². The number of hydrogen-bond donors (Lipinski definition) is 2. The zero-order valence-corrected chi connectivity index (χ0v) is 5.90. The van der Waals surface area contributed by atoms with Gasteiger partial charge in [-0.05, 0) is 31.7 Å². The van der Waals surface area contributed by atoms with Gasteiger partial charge in [0, 0.05) is 5.25 Å². The quantitative estimate of drug-likeness (QED) is 0.511. The summed E-state index contributed by atoms with van der Waals surface area (Å²) < 4.78 is 0. The highest BCUT2D eigenvalue weighted by molar-refractivity contribution is 7.80. The average molecular weight is 131 g/mol. The second kappa shape index (κ2) is 2.74. The fourth-order valence-corrected chi connectivity index (χ4v) is 1.71. The molecule has 0 saturated heterocycles. The van der Waals surface area contributed by atoms with E-state index in [2.05, 4.69) is 12.6 Å². The molecule has 1 rings (SSSR count). The van der Waals surface area contributed by atoms with Crippen LogP contribution in [0.4, 0.5) is 0 Å². The molecule has 1 saturated carbocycles. The van der Waals surface area contributed by atoms with Crippen molar-refractivity contribution in [2.75, 3.05) is 6.54 Å². The second-order valence-corrected chi connectivity index (χ2v) is 3.30. The van der Waals surface area contributed by atoms with Crippen molar-refractivity contribution in [3.63, 3.8) is 0 Å². The minimum absolute atomic E-state index is 0.642. The highest BCUT2D eigenvalue weighted by Crippen LogP contribution is 2.27. The third kappa shape index (κ3) is 1.39. The molecule has 1 nitrogen and oxygen atoms in total. The molecule has 0 amide bonds. The largest absolute Gasteiger partial charge is 0.330 e. The minimum atomic E-state index is 0.642. The van der Waals surface area contributed by atoms with Gasteiger partial charge in [0.25, 0.3) is 0 Å². The standard InChI is InChI=1S/C6H13NS/c7-4-5-1-2-6(8)3-5/h5-6,8H,1-4,7H2. The van der Waals surface area contributed by atoms with Crippen LogP contribution in [0.2, 0.25) is 0 Å². The summed E-state index contributed by atoms with van der Waals surface area (Å²) in [6.07, 6.45) is 3.80. The SMILES string of the molecule is NCC1CCC(S)C1. The van der Waals surface area contributed by atoms with Crippen LogP contribution >= 0.6 is 12.6 Å². The summed E-state index contributed by atoms with van der Waals surface area (Å²) in [7, 11) is 0. The molecular weight excluding hydrogens is 118 g/mol. The number of rotatable bonds is 1. The first-order valence-corrected chi connectivity index (χ1v) is 3.72. The van der Waals surface area contributed by atoms with E-state index in [4.69, 9.17) is 5.73 Å². The molecule has 2 atom stereocenters. The molecular formula is C6H13NS. The van der Waals surface area contributed by atoms with Gasteiger partial charge in [-0.3, -0.25) is 0 Å².